The van der Waals surface area contributed by atoms with Crippen LogP contribution >= 0.6 is 11.6 Å². The van der Waals surface area contributed by atoms with Crippen LogP contribution in [0.15, 0.2) is 18.2 Å². The first-order valence-electron chi connectivity index (χ1n) is 5.66. The fourth-order valence-corrected chi connectivity index (χ4v) is 2.27. The van der Waals surface area contributed by atoms with Crippen molar-refractivity contribution in [3.05, 3.63) is 34.6 Å². The van der Waals surface area contributed by atoms with Crippen LogP contribution in [-0.2, 0) is 11.3 Å². The maximum atomic E-state index is 13.0. The molecule has 2 rings (SSSR count). The van der Waals surface area contributed by atoms with Gasteiger partial charge < -0.3 is 9.64 Å². The Morgan fingerprint density at radius 3 is 2.78 bits per heavy atom. The van der Waals surface area contributed by atoms with Crippen molar-refractivity contribution in [3.63, 3.8) is 0 Å². The van der Waals surface area contributed by atoms with E-state index >= 15 is 0 Å². The lowest BCUT2D eigenvalue weighted by molar-refractivity contribution is -0.0895. The lowest BCUT2D eigenvalue weighted by atomic mass is 9.87. The predicted molar refractivity (Wildman–Crippen MR) is 66.6 cm³/mol. The summed E-state index contributed by atoms with van der Waals surface area (Å²) >= 11 is 5.73. The zero-order chi connectivity index (χ0) is 13.2. The number of halogens is 2. The minimum Gasteiger partial charge on any atom is -0.378 e. The summed E-state index contributed by atoms with van der Waals surface area (Å²) in [6.07, 6.45) is 0. The summed E-state index contributed by atoms with van der Waals surface area (Å²) in [5.41, 5.74) is 0.538. The minimum atomic E-state index is -0.413. The third kappa shape index (κ3) is 2.81. The lowest BCUT2D eigenvalue weighted by Crippen LogP contribution is -2.48. The van der Waals surface area contributed by atoms with E-state index in [1.165, 1.54) is 6.07 Å². The number of ether oxygens (including phenoxy) is 1. The normalized spacial score (nSPS) is 17.3. The minimum absolute atomic E-state index is 0.128. The third-order valence-electron chi connectivity index (χ3n) is 3.00. The van der Waals surface area contributed by atoms with E-state index in [2.05, 4.69) is 6.07 Å². The van der Waals surface area contributed by atoms with Gasteiger partial charge in [-0.2, -0.15) is 5.26 Å². The standard InChI is InChI=1S/C13H14ClFN2O/c1-17(7-13(6-16)8-18-9-13)5-10-2-3-12(15)11(14)4-10/h2-4H,5,7-9H2,1H3. The van der Waals surface area contributed by atoms with Crippen molar-refractivity contribution >= 4 is 11.6 Å². The number of rotatable bonds is 4. The van der Waals surface area contributed by atoms with Gasteiger partial charge in [0.15, 0.2) is 0 Å². The summed E-state index contributed by atoms with van der Waals surface area (Å²) in [5.74, 6) is -0.413. The van der Waals surface area contributed by atoms with Gasteiger partial charge in [0.05, 0.1) is 24.3 Å². The molecule has 1 aliphatic rings. The van der Waals surface area contributed by atoms with E-state index < -0.39 is 11.2 Å². The second-order valence-electron chi connectivity index (χ2n) is 4.81. The molecule has 1 aromatic rings. The summed E-state index contributed by atoms with van der Waals surface area (Å²) in [6, 6.07) is 6.98. The van der Waals surface area contributed by atoms with Crippen molar-refractivity contribution in [2.45, 2.75) is 6.54 Å². The Bertz CT molecular complexity index is 482. The quantitative estimate of drug-likeness (QED) is 0.842. The first kappa shape index (κ1) is 13.3. The monoisotopic (exact) mass is 268 g/mol. The Hall–Kier alpha value is -1.15. The maximum absolute atomic E-state index is 13.0. The van der Waals surface area contributed by atoms with Gasteiger partial charge in [0.1, 0.15) is 11.2 Å². The highest BCUT2D eigenvalue weighted by molar-refractivity contribution is 6.30. The van der Waals surface area contributed by atoms with E-state index in [4.69, 9.17) is 21.6 Å². The Labute approximate surface area is 111 Å². The first-order chi connectivity index (χ1) is 8.54. The molecule has 96 valence electrons. The summed E-state index contributed by atoms with van der Waals surface area (Å²) < 4.78 is 18.1. The van der Waals surface area contributed by atoms with Gasteiger partial charge >= 0.3 is 0 Å². The second-order valence-corrected chi connectivity index (χ2v) is 5.21. The van der Waals surface area contributed by atoms with Crippen LogP contribution in [0.1, 0.15) is 5.56 Å². The molecular formula is C13H14ClFN2O. The van der Waals surface area contributed by atoms with Gasteiger partial charge in [-0.15, -0.1) is 0 Å². The first-order valence-corrected chi connectivity index (χ1v) is 6.04. The lowest BCUT2D eigenvalue weighted by Gasteiger charge is -2.38. The number of hydrogen-bond acceptors (Lipinski definition) is 3. The molecule has 3 nitrogen and oxygen atoms in total. The van der Waals surface area contributed by atoms with E-state index in [-0.39, 0.29) is 5.02 Å². The number of nitriles is 1. The zero-order valence-electron chi connectivity index (χ0n) is 10.1. The fourth-order valence-electron chi connectivity index (χ4n) is 2.06. The van der Waals surface area contributed by atoms with Crippen molar-refractivity contribution in [3.8, 4) is 6.07 Å². The molecule has 0 amide bonds. The van der Waals surface area contributed by atoms with Crippen LogP contribution in [0, 0.1) is 22.6 Å². The second kappa shape index (κ2) is 5.23. The van der Waals surface area contributed by atoms with Crippen LogP contribution in [0.25, 0.3) is 0 Å². The van der Waals surface area contributed by atoms with Gasteiger partial charge in [-0.3, -0.25) is 0 Å². The summed E-state index contributed by atoms with van der Waals surface area (Å²) in [7, 11) is 1.93. The Morgan fingerprint density at radius 2 is 2.28 bits per heavy atom. The molecule has 1 aliphatic heterocycles. The van der Waals surface area contributed by atoms with Crippen molar-refractivity contribution in [2.75, 3.05) is 26.8 Å². The molecule has 0 saturated carbocycles. The molecule has 5 heteroatoms. The highest BCUT2D eigenvalue weighted by Crippen LogP contribution is 2.28. The third-order valence-corrected chi connectivity index (χ3v) is 3.29. The molecule has 0 aliphatic carbocycles. The molecule has 1 saturated heterocycles. The van der Waals surface area contributed by atoms with Crippen LogP contribution < -0.4 is 0 Å². The van der Waals surface area contributed by atoms with Gasteiger partial charge in [-0.25, -0.2) is 4.39 Å². The average Bonchev–Trinajstić information content (AvgIpc) is 2.29. The van der Waals surface area contributed by atoms with E-state index in [0.29, 0.717) is 26.3 Å². The zero-order valence-corrected chi connectivity index (χ0v) is 10.9. The van der Waals surface area contributed by atoms with Crippen LogP contribution in [-0.4, -0.2) is 31.7 Å². The SMILES string of the molecule is CN(Cc1ccc(F)c(Cl)c1)CC1(C#N)COC1. The molecule has 18 heavy (non-hydrogen) atoms. The molecule has 0 N–H and O–H groups in total. The van der Waals surface area contributed by atoms with Crippen LogP contribution in [0.5, 0.6) is 0 Å². The van der Waals surface area contributed by atoms with Gasteiger partial charge in [-0.05, 0) is 24.7 Å². The Kier molecular flexibility index (Phi) is 3.86. The van der Waals surface area contributed by atoms with Gasteiger partial charge in [0.2, 0.25) is 0 Å². The topological polar surface area (TPSA) is 36.3 Å². The maximum Gasteiger partial charge on any atom is 0.141 e. The molecule has 0 aromatic heterocycles. The van der Waals surface area contributed by atoms with E-state index in [9.17, 15) is 4.39 Å². The van der Waals surface area contributed by atoms with Crippen molar-refractivity contribution < 1.29 is 9.13 Å². The molecular weight excluding hydrogens is 255 g/mol. The van der Waals surface area contributed by atoms with Gasteiger partial charge in [0, 0.05) is 13.1 Å². The molecule has 0 spiro atoms. The molecule has 0 radical (unpaired) electrons. The largest absolute Gasteiger partial charge is 0.378 e. The highest BCUT2D eigenvalue weighted by atomic mass is 35.5. The fraction of sp³-hybridized carbons (Fsp3) is 0.462. The molecule has 0 unspecified atom stereocenters. The Morgan fingerprint density at radius 1 is 1.56 bits per heavy atom. The number of benzene rings is 1. The van der Waals surface area contributed by atoms with Crippen molar-refractivity contribution in [1.82, 2.24) is 4.90 Å². The van der Waals surface area contributed by atoms with Crippen LogP contribution in [0.4, 0.5) is 4.39 Å². The molecule has 1 heterocycles. The molecule has 1 aromatic carbocycles. The summed E-state index contributed by atoms with van der Waals surface area (Å²) in [6.45, 7) is 2.23. The summed E-state index contributed by atoms with van der Waals surface area (Å²) in [4.78, 5) is 2.02. The van der Waals surface area contributed by atoms with E-state index in [1.54, 1.807) is 12.1 Å². The predicted octanol–water partition coefficient (Wildman–Crippen LogP) is 2.45. The van der Waals surface area contributed by atoms with E-state index in [0.717, 1.165) is 5.56 Å². The van der Waals surface area contributed by atoms with Crippen LogP contribution in [0.3, 0.4) is 0 Å². The number of hydrogen-bond donors (Lipinski definition) is 0. The number of nitrogens with zero attached hydrogens (tertiary/aromatic N) is 2. The molecule has 1 fully saturated rings. The smallest absolute Gasteiger partial charge is 0.141 e. The molecule has 0 atom stereocenters. The van der Waals surface area contributed by atoms with Crippen molar-refractivity contribution in [1.29, 1.82) is 5.26 Å². The van der Waals surface area contributed by atoms with Gasteiger partial charge in [-0.1, -0.05) is 17.7 Å². The van der Waals surface area contributed by atoms with Crippen LogP contribution in [0.2, 0.25) is 5.02 Å². The van der Waals surface area contributed by atoms with E-state index in [1.807, 2.05) is 11.9 Å². The molecule has 0 bridgehead atoms. The summed E-state index contributed by atoms with van der Waals surface area (Å²) in [5, 5.41) is 9.23. The van der Waals surface area contributed by atoms with Gasteiger partial charge in [0.25, 0.3) is 0 Å². The van der Waals surface area contributed by atoms with Crippen molar-refractivity contribution in [2.24, 2.45) is 5.41 Å². The Balaban J connectivity index is 1.97. The average molecular weight is 269 g/mol. The highest BCUT2D eigenvalue weighted by Gasteiger charge is 2.39.